The highest BCUT2D eigenvalue weighted by Gasteiger charge is 2.26. The van der Waals surface area contributed by atoms with Crippen LogP contribution in [0.3, 0.4) is 0 Å². The Labute approximate surface area is 179 Å². The molecule has 0 aliphatic carbocycles. The lowest BCUT2D eigenvalue weighted by Crippen LogP contribution is -2.44. The van der Waals surface area contributed by atoms with Gasteiger partial charge in [-0.15, -0.1) is 5.10 Å². The number of nitrogens with zero attached hydrogens (tertiary/aromatic N) is 5. The minimum absolute atomic E-state index is 0.120. The third-order valence-corrected chi connectivity index (χ3v) is 6.50. The van der Waals surface area contributed by atoms with E-state index in [4.69, 9.17) is 0 Å². The van der Waals surface area contributed by atoms with Gasteiger partial charge in [0.1, 0.15) is 5.69 Å². The van der Waals surface area contributed by atoms with Crippen LogP contribution in [0.25, 0.3) is 5.69 Å². The number of nitro benzene ring substituents is 1. The van der Waals surface area contributed by atoms with E-state index in [-0.39, 0.29) is 16.4 Å². The van der Waals surface area contributed by atoms with Crippen molar-refractivity contribution in [2.45, 2.75) is 4.90 Å². The Morgan fingerprint density at radius 1 is 1.03 bits per heavy atom. The maximum atomic E-state index is 12.8. The van der Waals surface area contributed by atoms with Gasteiger partial charge in [-0.25, -0.2) is 13.1 Å². The van der Waals surface area contributed by atoms with E-state index < -0.39 is 14.9 Å². The molecule has 0 atom stereocenters. The van der Waals surface area contributed by atoms with Crippen LogP contribution in [0.5, 0.6) is 0 Å². The molecule has 11 heteroatoms. The van der Waals surface area contributed by atoms with Gasteiger partial charge in [-0.2, -0.15) is 0 Å². The summed E-state index contributed by atoms with van der Waals surface area (Å²) in [6, 6.07) is 14.8. The van der Waals surface area contributed by atoms with Crippen LogP contribution in [0.1, 0.15) is 0 Å². The number of nitro groups is 1. The number of hydrogen-bond donors (Lipinski definition) is 1. The Balaban J connectivity index is 1.59. The Kier molecular flexibility index (Phi) is 5.61. The Bertz CT molecular complexity index is 1190. The predicted octanol–water partition coefficient (Wildman–Crippen LogP) is 2.33. The summed E-state index contributed by atoms with van der Waals surface area (Å²) in [5.41, 5.74) is 0.966. The van der Waals surface area contributed by atoms with Gasteiger partial charge < -0.3 is 9.80 Å². The van der Waals surface area contributed by atoms with Crippen LogP contribution in [0, 0.1) is 10.1 Å². The van der Waals surface area contributed by atoms with Gasteiger partial charge in [-0.05, 0) is 31.3 Å². The second kappa shape index (κ2) is 8.36. The van der Waals surface area contributed by atoms with E-state index in [2.05, 4.69) is 14.7 Å². The number of piperazine rings is 1. The van der Waals surface area contributed by atoms with Gasteiger partial charge in [0.2, 0.25) is 0 Å². The van der Waals surface area contributed by atoms with E-state index in [0.717, 1.165) is 24.8 Å². The van der Waals surface area contributed by atoms with Crippen LogP contribution < -0.4 is 9.62 Å². The summed E-state index contributed by atoms with van der Waals surface area (Å²) in [7, 11) is -2.06. The third-order valence-electron chi connectivity index (χ3n) is 5.15. The summed E-state index contributed by atoms with van der Waals surface area (Å²) in [5, 5.41) is 15.9. The maximum absolute atomic E-state index is 12.8. The van der Waals surface area contributed by atoms with Gasteiger partial charge >= 0.3 is 0 Å². The minimum Gasteiger partial charge on any atom is -0.363 e. The molecule has 162 valence electrons. The van der Waals surface area contributed by atoms with Crippen molar-refractivity contribution in [1.29, 1.82) is 0 Å². The molecule has 0 unspecified atom stereocenters. The van der Waals surface area contributed by atoms with Crippen molar-refractivity contribution in [3.63, 3.8) is 0 Å². The zero-order chi connectivity index (χ0) is 22.0. The van der Waals surface area contributed by atoms with Gasteiger partial charge in [-0.1, -0.05) is 18.2 Å². The summed E-state index contributed by atoms with van der Waals surface area (Å²) in [6.45, 7) is 2.84. The average Bonchev–Trinajstić information content (AvgIpc) is 3.22. The molecule has 1 saturated heterocycles. The van der Waals surface area contributed by atoms with Crippen LogP contribution in [0.2, 0.25) is 0 Å². The fourth-order valence-electron chi connectivity index (χ4n) is 3.43. The molecule has 10 nitrogen and oxygen atoms in total. The van der Waals surface area contributed by atoms with Crippen molar-refractivity contribution in [3.8, 4) is 5.69 Å². The molecule has 0 bridgehead atoms. The van der Waals surface area contributed by atoms with Gasteiger partial charge in [0, 0.05) is 44.5 Å². The number of nitrogens with one attached hydrogen (secondary N) is 1. The molecule has 31 heavy (non-hydrogen) atoms. The molecule has 1 aliphatic heterocycles. The Morgan fingerprint density at radius 2 is 1.74 bits per heavy atom. The van der Waals surface area contributed by atoms with E-state index >= 15 is 0 Å². The number of benzene rings is 2. The quantitative estimate of drug-likeness (QED) is 0.460. The SMILES string of the molecule is CN1CCN(c2ccc(S(=O)(=O)Nc3ccn(-c4ccccc4)n3)cc2[N+](=O)[O-])CC1. The van der Waals surface area contributed by atoms with E-state index in [1.165, 1.54) is 22.9 Å². The van der Waals surface area contributed by atoms with Crippen molar-refractivity contribution in [2.24, 2.45) is 0 Å². The van der Waals surface area contributed by atoms with E-state index in [1.807, 2.05) is 42.3 Å². The lowest BCUT2D eigenvalue weighted by Gasteiger charge is -2.33. The molecular weight excluding hydrogens is 420 g/mol. The van der Waals surface area contributed by atoms with Crippen molar-refractivity contribution in [2.75, 3.05) is 42.8 Å². The monoisotopic (exact) mass is 442 g/mol. The summed E-state index contributed by atoms with van der Waals surface area (Å²) in [6.07, 6.45) is 1.63. The van der Waals surface area contributed by atoms with Crippen LogP contribution in [-0.2, 0) is 10.0 Å². The highest BCUT2D eigenvalue weighted by atomic mass is 32.2. The molecule has 1 fully saturated rings. The summed E-state index contributed by atoms with van der Waals surface area (Å²) >= 11 is 0. The second-order valence-corrected chi connectivity index (χ2v) is 8.97. The molecule has 4 rings (SSSR count). The third kappa shape index (κ3) is 4.52. The normalized spacial score (nSPS) is 15.1. The van der Waals surface area contributed by atoms with E-state index in [1.54, 1.807) is 6.20 Å². The molecule has 1 N–H and O–H groups in total. The lowest BCUT2D eigenvalue weighted by atomic mass is 10.2. The van der Waals surface area contributed by atoms with Gasteiger partial charge in [0.15, 0.2) is 5.82 Å². The lowest BCUT2D eigenvalue weighted by molar-refractivity contribution is -0.384. The summed E-state index contributed by atoms with van der Waals surface area (Å²) < 4.78 is 29.6. The highest BCUT2D eigenvalue weighted by molar-refractivity contribution is 7.92. The van der Waals surface area contributed by atoms with Crippen molar-refractivity contribution in [3.05, 3.63) is 70.9 Å². The smallest absolute Gasteiger partial charge is 0.293 e. The first kappa shape index (κ1) is 20.8. The molecule has 0 spiro atoms. The van der Waals surface area contributed by atoms with Crippen molar-refractivity contribution >= 4 is 27.2 Å². The van der Waals surface area contributed by atoms with Gasteiger partial charge in [-0.3, -0.25) is 14.8 Å². The van der Waals surface area contributed by atoms with E-state index in [9.17, 15) is 18.5 Å². The number of likely N-dealkylation sites (N-methyl/N-ethyl adjacent to an activating group) is 1. The predicted molar refractivity (Wildman–Crippen MR) is 117 cm³/mol. The number of sulfonamides is 1. The molecule has 2 heterocycles. The highest BCUT2D eigenvalue weighted by Crippen LogP contribution is 2.32. The first-order valence-corrected chi connectivity index (χ1v) is 11.2. The molecule has 1 aliphatic rings. The largest absolute Gasteiger partial charge is 0.363 e. The average molecular weight is 443 g/mol. The second-order valence-electron chi connectivity index (χ2n) is 7.28. The molecule has 0 amide bonds. The first-order valence-electron chi connectivity index (χ1n) is 9.69. The zero-order valence-corrected chi connectivity index (χ0v) is 17.7. The zero-order valence-electron chi connectivity index (χ0n) is 16.9. The number of para-hydroxylation sites is 1. The van der Waals surface area contributed by atoms with E-state index in [0.29, 0.717) is 18.8 Å². The molecule has 0 saturated carbocycles. The van der Waals surface area contributed by atoms with Gasteiger partial charge in [0.05, 0.1) is 15.5 Å². The molecular formula is C20H22N6O4S. The van der Waals surface area contributed by atoms with Gasteiger partial charge in [0.25, 0.3) is 15.7 Å². The molecule has 0 radical (unpaired) electrons. The number of anilines is 2. The topological polar surface area (TPSA) is 114 Å². The standard InChI is InChI=1S/C20H22N6O4S/c1-23-11-13-24(14-12-23)18-8-7-17(15-19(18)26(27)28)31(29,30)22-20-9-10-25(21-20)16-5-3-2-4-6-16/h2-10,15H,11-14H2,1H3,(H,21,22). The molecule has 1 aromatic heterocycles. The van der Waals surface area contributed by atoms with Crippen LogP contribution in [-0.4, -0.2) is 61.2 Å². The van der Waals surface area contributed by atoms with Crippen molar-refractivity contribution in [1.82, 2.24) is 14.7 Å². The Morgan fingerprint density at radius 3 is 2.42 bits per heavy atom. The summed E-state index contributed by atoms with van der Waals surface area (Å²) in [4.78, 5) is 15.0. The van der Waals surface area contributed by atoms with Crippen LogP contribution in [0.15, 0.2) is 65.7 Å². The maximum Gasteiger partial charge on any atom is 0.293 e. The minimum atomic E-state index is -4.05. The number of rotatable bonds is 6. The van der Waals surface area contributed by atoms with Crippen LogP contribution >= 0.6 is 0 Å². The Hall–Kier alpha value is -3.44. The fourth-order valence-corrected chi connectivity index (χ4v) is 4.45. The van der Waals surface area contributed by atoms with Crippen LogP contribution in [0.4, 0.5) is 17.2 Å². The molecule has 3 aromatic rings. The first-order chi connectivity index (χ1) is 14.8. The fraction of sp³-hybridized carbons (Fsp3) is 0.250. The number of aromatic nitrogens is 2. The van der Waals surface area contributed by atoms with Crippen molar-refractivity contribution < 1.29 is 13.3 Å². The molecule has 2 aromatic carbocycles. The summed E-state index contributed by atoms with van der Waals surface area (Å²) in [5.74, 6) is 0.120. The number of hydrogen-bond acceptors (Lipinski definition) is 7.